The summed E-state index contributed by atoms with van der Waals surface area (Å²) in [6.45, 7) is 1.64. The van der Waals surface area contributed by atoms with Gasteiger partial charge in [-0.05, 0) is 55.2 Å². The molecule has 5 nitrogen and oxygen atoms in total. The molecule has 4 rings (SSSR count). The zero-order valence-electron chi connectivity index (χ0n) is 15.8. The average molecular weight is 421 g/mol. The van der Waals surface area contributed by atoms with Crippen LogP contribution in [0.1, 0.15) is 41.2 Å². The lowest BCUT2D eigenvalue weighted by Gasteiger charge is -2.35. The summed E-state index contributed by atoms with van der Waals surface area (Å²) in [7, 11) is 0. The highest BCUT2D eigenvalue weighted by molar-refractivity contribution is 6.31. The maximum absolute atomic E-state index is 13.9. The zero-order chi connectivity index (χ0) is 20.4. The van der Waals surface area contributed by atoms with E-state index in [1.807, 2.05) is 0 Å². The molecule has 0 spiro atoms. The molecule has 2 saturated heterocycles. The van der Waals surface area contributed by atoms with Crippen molar-refractivity contribution in [3.63, 3.8) is 0 Å². The molecule has 2 aromatic carbocycles. The molecule has 0 saturated carbocycles. The SMILES string of the molecule is O=C(NC1CCN(C2CC(c3ccc(F)cc3)NN2)CC1)c1cc(Cl)ccc1F. The summed E-state index contributed by atoms with van der Waals surface area (Å²) in [6, 6.07) is 10.7. The highest BCUT2D eigenvalue weighted by atomic mass is 35.5. The number of nitrogens with one attached hydrogen (secondary N) is 3. The van der Waals surface area contributed by atoms with Gasteiger partial charge in [-0.1, -0.05) is 23.7 Å². The molecule has 0 bridgehead atoms. The predicted octanol–water partition coefficient (Wildman–Crippen LogP) is 3.38. The average Bonchev–Trinajstić information content (AvgIpc) is 3.21. The summed E-state index contributed by atoms with van der Waals surface area (Å²) in [6.07, 6.45) is 2.61. The van der Waals surface area contributed by atoms with Gasteiger partial charge in [-0.3, -0.25) is 9.69 Å². The number of carbonyl (C=O) groups excluding carboxylic acids is 1. The van der Waals surface area contributed by atoms with Gasteiger partial charge in [-0.2, -0.15) is 0 Å². The molecule has 8 heteroatoms. The molecule has 1 amide bonds. The Morgan fingerprint density at radius 2 is 1.79 bits per heavy atom. The van der Waals surface area contributed by atoms with Crippen molar-refractivity contribution in [2.75, 3.05) is 13.1 Å². The van der Waals surface area contributed by atoms with Crippen LogP contribution in [0.4, 0.5) is 8.78 Å². The van der Waals surface area contributed by atoms with E-state index in [2.05, 4.69) is 21.1 Å². The van der Waals surface area contributed by atoms with Crippen LogP contribution in [0.5, 0.6) is 0 Å². The molecule has 29 heavy (non-hydrogen) atoms. The minimum Gasteiger partial charge on any atom is -0.349 e. The molecular weight excluding hydrogens is 398 g/mol. The van der Waals surface area contributed by atoms with Crippen molar-refractivity contribution < 1.29 is 13.6 Å². The highest BCUT2D eigenvalue weighted by Gasteiger charge is 2.32. The van der Waals surface area contributed by atoms with Gasteiger partial charge in [0.05, 0.1) is 11.7 Å². The summed E-state index contributed by atoms with van der Waals surface area (Å²) in [4.78, 5) is 14.7. The Kier molecular flexibility index (Phi) is 6.10. The normalized spacial score (nSPS) is 23.3. The van der Waals surface area contributed by atoms with Crippen molar-refractivity contribution in [3.8, 4) is 0 Å². The maximum atomic E-state index is 13.9. The van der Waals surface area contributed by atoms with Crippen molar-refractivity contribution in [2.24, 2.45) is 0 Å². The number of carbonyl (C=O) groups is 1. The highest BCUT2D eigenvalue weighted by Crippen LogP contribution is 2.26. The van der Waals surface area contributed by atoms with E-state index in [9.17, 15) is 13.6 Å². The second-order valence-electron chi connectivity index (χ2n) is 7.55. The Morgan fingerprint density at radius 1 is 1.07 bits per heavy atom. The van der Waals surface area contributed by atoms with Crippen LogP contribution in [0.2, 0.25) is 5.02 Å². The van der Waals surface area contributed by atoms with Crippen LogP contribution < -0.4 is 16.2 Å². The van der Waals surface area contributed by atoms with Gasteiger partial charge in [-0.15, -0.1) is 0 Å². The second-order valence-corrected chi connectivity index (χ2v) is 7.99. The van der Waals surface area contributed by atoms with E-state index in [0.717, 1.165) is 37.9 Å². The van der Waals surface area contributed by atoms with Crippen molar-refractivity contribution in [1.82, 2.24) is 21.1 Å². The van der Waals surface area contributed by atoms with Crippen LogP contribution in [0.25, 0.3) is 0 Å². The molecule has 2 fully saturated rings. The van der Waals surface area contributed by atoms with E-state index in [1.54, 1.807) is 12.1 Å². The van der Waals surface area contributed by atoms with Crippen LogP contribution >= 0.6 is 11.6 Å². The summed E-state index contributed by atoms with van der Waals surface area (Å²) >= 11 is 5.87. The first kappa shape index (κ1) is 20.2. The van der Waals surface area contributed by atoms with Gasteiger partial charge < -0.3 is 5.32 Å². The van der Waals surface area contributed by atoms with E-state index in [-0.39, 0.29) is 29.6 Å². The molecule has 2 aromatic rings. The number of nitrogens with zero attached hydrogens (tertiary/aromatic N) is 1. The number of halogens is 3. The Labute approximate surface area is 173 Å². The minimum atomic E-state index is -0.572. The predicted molar refractivity (Wildman–Crippen MR) is 107 cm³/mol. The molecular formula is C21H23ClF2N4O. The smallest absolute Gasteiger partial charge is 0.254 e. The fraction of sp³-hybridized carbons (Fsp3) is 0.381. The fourth-order valence-corrected chi connectivity index (χ4v) is 4.15. The molecule has 0 aromatic heterocycles. The number of amides is 1. The Balaban J connectivity index is 1.28. The standard InChI is InChI=1S/C21H23ClF2N4O/c22-14-3-6-18(24)17(11-14)21(29)25-16-7-9-28(10-8-16)20-12-19(26-27-20)13-1-4-15(23)5-2-13/h1-6,11,16,19-20,26-27H,7-10,12H2,(H,25,29). The Morgan fingerprint density at radius 3 is 2.52 bits per heavy atom. The molecule has 3 N–H and O–H groups in total. The first-order valence-electron chi connectivity index (χ1n) is 9.76. The Hall–Kier alpha value is -2.06. The topological polar surface area (TPSA) is 56.4 Å². The fourth-order valence-electron chi connectivity index (χ4n) is 3.98. The van der Waals surface area contributed by atoms with E-state index < -0.39 is 11.7 Å². The van der Waals surface area contributed by atoms with E-state index in [4.69, 9.17) is 11.6 Å². The van der Waals surface area contributed by atoms with Gasteiger partial charge in [0.25, 0.3) is 5.91 Å². The number of hydrogen-bond donors (Lipinski definition) is 3. The monoisotopic (exact) mass is 420 g/mol. The summed E-state index contributed by atoms with van der Waals surface area (Å²) in [5.41, 5.74) is 7.62. The molecule has 2 atom stereocenters. The summed E-state index contributed by atoms with van der Waals surface area (Å²) < 4.78 is 27.0. The molecule has 0 radical (unpaired) electrons. The van der Waals surface area contributed by atoms with Crippen molar-refractivity contribution >= 4 is 17.5 Å². The zero-order valence-corrected chi connectivity index (χ0v) is 16.6. The molecule has 2 unspecified atom stereocenters. The maximum Gasteiger partial charge on any atom is 0.254 e. The summed E-state index contributed by atoms with van der Waals surface area (Å²) in [5.74, 6) is -1.24. The van der Waals surface area contributed by atoms with Crippen molar-refractivity contribution in [2.45, 2.75) is 37.5 Å². The third-order valence-electron chi connectivity index (χ3n) is 5.63. The lowest BCUT2D eigenvalue weighted by atomic mass is 10.0. The van der Waals surface area contributed by atoms with Gasteiger partial charge in [0.1, 0.15) is 11.6 Å². The van der Waals surface area contributed by atoms with Crippen LogP contribution in [-0.2, 0) is 0 Å². The third-order valence-corrected chi connectivity index (χ3v) is 5.87. The number of hydrazine groups is 1. The minimum absolute atomic E-state index is 0.000565. The number of hydrogen-bond acceptors (Lipinski definition) is 4. The van der Waals surface area contributed by atoms with E-state index in [0.29, 0.717) is 5.02 Å². The molecule has 154 valence electrons. The van der Waals surface area contributed by atoms with E-state index in [1.165, 1.54) is 30.3 Å². The van der Waals surface area contributed by atoms with Crippen LogP contribution in [0.15, 0.2) is 42.5 Å². The lowest BCUT2D eigenvalue weighted by Crippen LogP contribution is -2.51. The van der Waals surface area contributed by atoms with Crippen LogP contribution in [0, 0.1) is 11.6 Å². The van der Waals surface area contributed by atoms with Crippen LogP contribution in [0.3, 0.4) is 0 Å². The second kappa shape index (κ2) is 8.75. The van der Waals surface area contributed by atoms with Crippen molar-refractivity contribution in [1.29, 1.82) is 0 Å². The quantitative estimate of drug-likeness (QED) is 0.709. The van der Waals surface area contributed by atoms with Gasteiger partial charge in [0, 0.05) is 30.2 Å². The van der Waals surface area contributed by atoms with Gasteiger partial charge >= 0.3 is 0 Å². The molecule has 2 aliphatic rings. The first-order chi connectivity index (χ1) is 14.0. The lowest BCUT2D eigenvalue weighted by molar-refractivity contribution is 0.0876. The largest absolute Gasteiger partial charge is 0.349 e. The first-order valence-corrected chi connectivity index (χ1v) is 10.1. The number of piperidine rings is 1. The third kappa shape index (κ3) is 4.75. The molecule has 0 aliphatic carbocycles. The van der Waals surface area contributed by atoms with E-state index >= 15 is 0 Å². The number of rotatable bonds is 4. The molecule has 2 aliphatic heterocycles. The Bertz CT molecular complexity index is 871. The van der Waals surface area contributed by atoms with Gasteiger partial charge in [0.15, 0.2) is 0 Å². The number of benzene rings is 2. The van der Waals surface area contributed by atoms with Crippen LogP contribution in [-0.4, -0.2) is 36.1 Å². The summed E-state index contributed by atoms with van der Waals surface area (Å²) in [5, 5.41) is 3.25. The van der Waals surface area contributed by atoms with Crippen molar-refractivity contribution in [3.05, 3.63) is 70.2 Å². The number of likely N-dealkylation sites (tertiary alicyclic amines) is 1. The molecule has 2 heterocycles. The van der Waals surface area contributed by atoms with Gasteiger partial charge in [0.2, 0.25) is 0 Å². The van der Waals surface area contributed by atoms with Gasteiger partial charge in [-0.25, -0.2) is 19.6 Å².